The van der Waals surface area contributed by atoms with Crippen molar-refractivity contribution in [2.45, 2.75) is 71.1 Å². The molecule has 3 saturated carbocycles. The fourth-order valence-electron chi connectivity index (χ4n) is 6.47. The van der Waals surface area contributed by atoms with E-state index in [1.54, 1.807) is 0 Å². The van der Waals surface area contributed by atoms with Gasteiger partial charge >= 0.3 is 0 Å². The smallest absolute Gasteiger partial charge is 0.139 e. The highest BCUT2D eigenvalue weighted by molar-refractivity contribution is 5.87. The lowest BCUT2D eigenvalue weighted by Gasteiger charge is -2.57. The van der Waals surface area contributed by atoms with Crippen molar-refractivity contribution < 1.29 is 14.3 Å². The molecule has 7 atom stereocenters. The average Bonchev–Trinajstić information content (AvgIpc) is 2.75. The fraction of sp³-hybridized carbons (Fsp3) is 0.842. The number of hydrogen-bond acceptors (Lipinski definition) is 2. The highest BCUT2D eigenvalue weighted by Crippen LogP contribution is 2.64. The molecule has 1 unspecified atom stereocenters. The maximum absolute atomic E-state index is 15.2. The van der Waals surface area contributed by atoms with Gasteiger partial charge in [0.05, 0.1) is 6.10 Å². The zero-order chi connectivity index (χ0) is 15.7. The van der Waals surface area contributed by atoms with Crippen LogP contribution in [-0.4, -0.2) is 23.2 Å². The molecular formula is C19H27FO2. The van der Waals surface area contributed by atoms with Gasteiger partial charge in [0.1, 0.15) is 12.0 Å². The Labute approximate surface area is 132 Å². The van der Waals surface area contributed by atoms with E-state index in [0.29, 0.717) is 31.1 Å². The first-order chi connectivity index (χ1) is 10.4. The van der Waals surface area contributed by atoms with Crippen LogP contribution in [0.4, 0.5) is 4.39 Å². The summed E-state index contributed by atoms with van der Waals surface area (Å²) in [5.74, 6) is 1.00. The predicted octanol–water partition coefficient (Wildman–Crippen LogP) is 3.83. The van der Waals surface area contributed by atoms with Gasteiger partial charge in [-0.1, -0.05) is 25.5 Å². The molecule has 0 spiro atoms. The predicted molar refractivity (Wildman–Crippen MR) is 83.0 cm³/mol. The summed E-state index contributed by atoms with van der Waals surface area (Å²) in [4.78, 5) is 12.3. The molecule has 0 heterocycles. The topological polar surface area (TPSA) is 37.3 Å². The van der Waals surface area contributed by atoms with Gasteiger partial charge in [-0.05, 0) is 55.8 Å². The first-order valence-corrected chi connectivity index (χ1v) is 8.91. The second kappa shape index (κ2) is 4.66. The molecule has 3 heteroatoms. The molecule has 1 N–H and O–H groups in total. The van der Waals surface area contributed by atoms with E-state index in [0.717, 1.165) is 25.7 Å². The minimum Gasteiger partial charge on any atom is -0.393 e. The Bertz CT molecular complexity index is 542. The molecule has 4 aliphatic rings. The summed E-state index contributed by atoms with van der Waals surface area (Å²) in [6.45, 7) is 4.23. The lowest BCUT2D eigenvalue weighted by atomic mass is 9.47. The van der Waals surface area contributed by atoms with Crippen molar-refractivity contribution in [3.8, 4) is 0 Å². The van der Waals surface area contributed by atoms with E-state index in [1.807, 2.05) is 6.92 Å². The molecule has 0 bridgehead atoms. The van der Waals surface area contributed by atoms with Crippen molar-refractivity contribution in [3.63, 3.8) is 0 Å². The van der Waals surface area contributed by atoms with Crippen LogP contribution < -0.4 is 0 Å². The van der Waals surface area contributed by atoms with Crippen molar-refractivity contribution in [2.75, 3.05) is 0 Å². The van der Waals surface area contributed by atoms with Crippen LogP contribution in [0.3, 0.4) is 0 Å². The molecule has 0 radical (unpaired) electrons. The van der Waals surface area contributed by atoms with Crippen molar-refractivity contribution in [1.29, 1.82) is 0 Å². The van der Waals surface area contributed by atoms with Gasteiger partial charge in [0.15, 0.2) is 0 Å². The number of alkyl halides is 1. The summed E-state index contributed by atoms with van der Waals surface area (Å²) >= 11 is 0. The Balaban J connectivity index is 1.74. The molecule has 122 valence electrons. The first kappa shape index (κ1) is 14.9. The molecule has 0 aromatic rings. The highest BCUT2D eigenvalue weighted by atomic mass is 19.1. The standard InChI is InChI=1S/C19H27FO2/c1-18-8-7-12(21)9-11(18)3-4-13-14-5-6-16(22)19(14,2)10-15(20)17(13)18/h3,12-15,17,21H,4-10H2,1-2H3/t12-,13-,14-,15?,17+,18-,19-/m0/s1. The lowest BCUT2D eigenvalue weighted by molar-refractivity contribution is -0.138. The van der Waals surface area contributed by atoms with Crippen molar-refractivity contribution in [3.05, 3.63) is 11.6 Å². The molecule has 2 nitrogen and oxygen atoms in total. The summed E-state index contributed by atoms with van der Waals surface area (Å²) in [6.07, 6.45) is 6.45. The Morgan fingerprint density at radius 3 is 2.82 bits per heavy atom. The number of carbonyl (C=O) groups excluding carboxylic acids is 1. The molecular weight excluding hydrogens is 279 g/mol. The maximum atomic E-state index is 15.2. The van der Waals surface area contributed by atoms with E-state index in [4.69, 9.17) is 0 Å². The molecule has 0 aromatic carbocycles. The zero-order valence-electron chi connectivity index (χ0n) is 13.6. The molecule has 0 amide bonds. The van der Waals surface area contributed by atoms with Crippen LogP contribution >= 0.6 is 0 Å². The fourth-order valence-corrected chi connectivity index (χ4v) is 6.47. The molecule has 0 aliphatic heterocycles. The van der Waals surface area contributed by atoms with Crippen molar-refractivity contribution >= 4 is 5.78 Å². The number of rotatable bonds is 0. The Morgan fingerprint density at radius 1 is 1.27 bits per heavy atom. The minimum atomic E-state index is -0.878. The van der Waals surface area contributed by atoms with Crippen LogP contribution in [0.2, 0.25) is 0 Å². The van der Waals surface area contributed by atoms with E-state index in [2.05, 4.69) is 13.0 Å². The van der Waals surface area contributed by atoms with Gasteiger partial charge < -0.3 is 5.11 Å². The van der Waals surface area contributed by atoms with E-state index in [1.165, 1.54) is 5.57 Å². The third kappa shape index (κ3) is 1.78. The van der Waals surface area contributed by atoms with Gasteiger partial charge in [-0.25, -0.2) is 4.39 Å². The van der Waals surface area contributed by atoms with E-state index in [9.17, 15) is 9.90 Å². The van der Waals surface area contributed by atoms with Crippen molar-refractivity contribution in [1.82, 2.24) is 0 Å². The lowest BCUT2D eigenvalue weighted by Crippen LogP contribution is -2.55. The van der Waals surface area contributed by atoms with Crippen LogP contribution in [0.5, 0.6) is 0 Å². The van der Waals surface area contributed by atoms with E-state index < -0.39 is 11.6 Å². The number of hydrogen-bond donors (Lipinski definition) is 1. The SMILES string of the molecule is C[C@]12CC[C@H](O)CC1=CC[C@@H]1[C@@H]2C(F)C[C@]2(C)C(=O)CC[C@@H]12. The Hall–Kier alpha value is -0.700. The third-order valence-electron chi connectivity index (χ3n) is 7.68. The molecule has 4 aliphatic carbocycles. The normalized spacial score (nSPS) is 54.3. The van der Waals surface area contributed by atoms with Crippen LogP contribution in [-0.2, 0) is 4.79 Å². The summed E-state index contributed by atoms with van der Waals surface area (Å²) in [5, 5.41) is 9.97. The Morgan fingerprint density at radius 2 is 2.05 bits per heavy atom. The van der Waals surface area contributed by atoms with Gasteiger partial charge in [-0.3, -0.25) is 4.79 Å². The number of fused-ring (bicyclic) bond motifs is 5. The van der Waals surface area contributed by atoms with Gasteiger partial charge in [0, 0.05) is 17.8 Å². The first-order valence-electron chi connectivity index (χ1n) is 8.91. The monoisotopic (exact) mass is 306 g/mol. The molecule has 0 saturated heterocycles. The summed E-state index contributed by atoms with van der Waals surface area (Å²) in [7, 11) is 0. The van der Waals surface area contributed by atoms with E-state index >= 15 is 4.39 Å². The largest absolute Gasteiger partial charge is 0.393 e. The summed E-state index contributed by atoms with van der Waals surface area (Å²) < 4.78 is 15.2. The Kier molecular flexibility index (Phi) is 3.15. The van der Waals surface area contributed by atoms with Crippen LogP contribution in [0, 0.1) is 28.6 Å². The second-order valence-corrected chi connectivity index (χ2v) is 8.67. The van der Waals surface area contributed by atoms with E-state index in [-0.39, 0.29) is 23.2 Å². The second-order valence-electron chi connectivity index (χ2n) is 8.67. The number of Topliss-reactive ketones (excluding diaryl/α,β-unsaturated/α-hetero) is 1. The summed E-state index contributed by atoms with van der Waals surface area (Å²) in [6, 6.07) is 0. The zero-order valence-corrected chi connectivity index (χ0v) is 13.6. The number of ketones is 1. The molecule has 22 heavy (non-hydrogen) atoms. The van der Waals surface area contributed by atoms with Crippen LogP contribution in [0.15, 0.2) is 11.6 Å². The number of aliphatic hydroxyl groups excluding tert-OH is 1. The minimum absolute atomic E-state index is 0.0453. The van der Waals surface area contributed by atoms with Gasteiger partial charge in [-0.15, -0.1) is 0 Å². The van der Waals surface area contributed by atoms with Gasteiger partial charge in [0.25, 0.3) is 0 Å². The number of allylic oxidation sites excluding steroid dienone is 1. The summed E-state index contributed by atoms with van der Waals surface area (Å²) in [5.41, 5.74) is 0.758. The highest BCUT2D eigenvalue weighted by Gasteiger charge is 2.62. The number of carbonyl (C=O) groups is 1. The molecule has 4 rings (SSSR count). The van der Waals surface area contributed by atoms with Gasteiger partial charge in [-0.2, -0.15) is 0 Å². The number of aliphatic hydroxyl groups is 1. The average molecular weight is 306 g/mol. The molecule has 0 aromatic heterocycles. The van der Waals surface area contributed by atoms with Crippen LogP contribution in [0.1, 0.15) is 58.8 Å². The van der Waals surface area contributed by atoms with Gasteiger partial charge in [0.2, 0.25) is 0 Å². The quantitative estimate of drug-likeness (QED) is 0.691. The maximum Gasteiger partial charge on any atom is 0.139 e. The van der Waals surface area contributed by atoms with Crippen LogP contribution in [0.25, 0.3) is 0 Å². The van der Waals surface area contributed by atoms with Crippen molar-refractivity contribution in [2.24, 2.45) is 28.6 Å². The number of halogens is 1. The molecule has 3 fully saturated rings. The third-order valence-corrected chi connectivity index (χ3v) is 7.68.